The molecular weight excluding hydrogens is 237 g/mol. The van der Waals surface area contributed by atoms with Gasteiger partial charge in [-0.25, -0.2) is 9.37 Å². The molecule has 5 heteroatoms. The lowest BCUT2D eigenvalue weighted by molar-refractivity contribution is 0.624. The predicted octanol–water partition coefficient (Wildman–Crippen LogP) is 2.83. The second-order valence-corrected chi connectivity index (χ2v) is 4.35. The van der Waals surface area contributed by atoms with E-state index in [4.69, 9.17) is 11.0 Å². The number of benzene rings is 1. The highest BCUT2D eigenvalue weighted by atomic mass is 32.2. The standard InChI is InChI=1S/C12H8FN3S/c13-9-2-1-3-11(5-9)17-12-8(6-14)4-10(15)7-16-12/h1-5,7H,15H2. The SMILES string of the molecule is N#Cc1cc(N)cnc1Sc1cccc(F)c1. The fourth-order valence-electron chi connectivity index (χ4n) is 1.27. The number of nitrogens with two attached hydrogens (primary N) is 1. The van der Waals surface area contributed by atoms with Crippen LogP contribution in [0.15, 0.2) is 46.5 Å². The molecule has 17 heavy (non-hydrogen) atoms. The second kappa shape index (κ2) is 4.85. The molecule has 0 spiro atoms. The summed E-state index contributed by atoms with van der Waals surface area (Å²) in [7, 11) is 0. The van der Waals surface area contributed by atoms with Gasteiger partial charge in [0.15, 0.2) is 0 Å². The Morgan fingerprint density at radius 1 is 1.35 bits per heavy atom. The molecule has 0 amide bonds. The van der Waals surface area contributed by atoms with Crippen LogP contribution in [-0.2, 0) is 0 Å². The van der Waals surface area contributed by atoms with Crippen LogP contribution >= 0.6 is 11.8 Å². The summed E-state index contributed by atoms with van der Waals surface area (Å²) in [5.41, 5.74) is 6.36. The molecule has 2 rings (SSSR count). The average molecular weight is 245 g/mol. The van der Waals surface area contributed by atoms with Crippen molar-refractivity contribution < 1.29 is 4.39 Å². The molecule has 0 aliphatic heterocycles. The summed E-state index contributed by atoms with van der Waals surface area (Å²) in [5, 5.41) is 9.46. The monoisotopic (exact) mass is 245 g/mol. The topological polar surface area (TPSA) is 62.7 Å². The van der Waals surface area contributed by atoms with Crippen LogP contribution in [0.4, 0.5) is 10.1 Å². The Morgan fingerprint density at radius 2 is 2.18 bits per heavy atom. The minimum atomic E-state index is -0.316. The third-order valence-corrected chi connectivity index (χ3v) is 3.01. The normalized spacial score (nSPS) is 9.88. The van der Waals surface area contributed by atoms with E-state index < -0.39 is 0 Å². The third-order valence-electron chi connectivity index (χ3n) is 2.00. The maximum absolute atomic E-state index is 13.0. The molecule has 1 heterocycles. The molecule has 0 unspecified atom stereocenters. The molecule has 0 radical (unpaired) electrons. The molecule has 0 fully saturated rings. The number of halogens is 1. The van der Waals surface area contributed by atoms with E-state index in [0.717, 1.165) is 0 Å². The molecule has 1 aromatic heterocycles. The van der Waals surface area contributed by atoms with Crippen molar-refractivity contribution >= 4 is 17.4 Å². The molecular formula is C12H8FN3S. The van der Waals surface area contributed by atoms with Crippen LogP contribution < -0.4 is 5.73 Å². The lowest BCUT2D eigenvalue weighted by Gasteiger charge is -2.03. The molecule has 0 saturated heterocycles. The van der Waals surface area contributed by atoms with E-state index in [0.29, 0.717) is 21.2 Å². The van der Waals surface area contributed by atoms with Crippen molar-refractivity contribution in [2.24, 2.45) is 0 Å². The predicted molar refractivity (Wildman–Crippen MR) is 63.9 cm³/mol. The number of nitrogen functional groups attached to an aromatic ring is 1. The van der Waals surface area contributed by atoms with Gasteiger partial charge >= 0.3 is 0 Å². The van der Waals surface area contributed by atoms with Crippen LogP contribution in [-0.4, -0.2) is 4.98 Å². The minimum Gasteiger partial charge on any atom is -0.397 e. The average Bonchev–Trinajstić information content (AvgIpc) is 2.31. The van der Waals surface area contributed by atoms with Gasteiger partial charge in [0.05, 0.1) is 17.4 Å². The van der Waals surface area contributed by atoms with Gasteiger partial charge < -0.3 is 5.73 Å². The number of nitriles is 1. The quantitative estimate of drug-likeness (QED) is 0.883. The molecule has 0 bridgehead atoms. The van der Waals surface area contributed by atoms with Gasteiger partial charge in [-0.05, 0) is 24.3 Å². The van der Waals surface area contributed by atoms with Crippen molar-refractivity contribution in [1.82, 2.24) is 4.98 Å². The summed E-state index contributed by atoms with van der Waals surface area (Å²) in [4.78, 5) is 4.76. The molecule has 0 atom stereocenters. The van der Waals surface area contributed by atoms with E-state index in [9.17, 15) is 4.39 Å². The van der Waals surface area contributed by atoms with E-state index in [1.807, 2.05) is 6.07 Å². The minimum absolute atomic E-state index is 0.316. The zero-order valence-electron chi connectivity index (χ0n) is 8.72. The maximum Gasteiger partial charge on any atom is 0.124 e. The molecule has 0 aliphatic carbocycles. The molecule has 84 valence electrons. The first-order valence-electron chi connectivity index (χ1n) is 4.78. The van der Waals surface area contributed by atoms with Gasteiger partial charge in [-0.1, -0.05) is 17.8 Å². The van der Waals surface area contributed by atoms with Crippen molar-refractivity contribution in [1.29, 1.82) is 5.26 Å². The van der Waals surface area contributed by atoms with Gasteiger partial charge in [-0.3, -0.25) is 0 Å². The van der Waals surface area contributed by atoms with Gasteiger partial charge in [-0.2, -0.15) is 5.26 Å². The summed E-state index contributed by atoms with van der Waals surface area (Å²) in [6, 6.07) is 9.69. The number of anilines is 1. The van der Waals surface area contributed by atoms with Crippen LogP contribution in [0.1, 0.15) is 5.56 Å². The van der Waals surface area contributed by atoms with Gasteiger partial charge in [0.2, 0.25) is 0 Å². The molecule has 2 N–H and O–H groups in total. The Kier molecular flexibility index (Phi) is 3.26. The number of hydrogen-bond donors (Lipinski definition) is 1. The Hall–Kier alpha value is -2.06. The zero-order chi connectivity index (χ0) is 12.3. The van der Waals surface area contributed by atoms with E-state index in [2.05, 4.69) is 4.98 Å². The molecule has 0 aliphatic rings. The smallest absolute Gasteiger partial charge is 0.124 e. The van der Waals surface area contributed by atoms with Crippen LogP contribution in [0.2, 0.25) is 0 Å². The zero-order valence-corrected chi connectivity index (χ0v) is 9.54. The summed E-state index contributed by atoms with van der Waals surface area (Å²) in [6.07, 6.45) is 1.47. The van der Waals surface area contributed by atoms with Crippen molar-refractivity contribution in [3.05, 3.63) is 47.9 Å². The first-order valence-corrected chi connectivity index (χ1v) is 5.60. The first-order chi connectivity index (χ1) is 8.19. The van der Waals surface area contributed by atoms with Crippen LogP contribution in [0.3, 0.4) is 0 Å². The summed E-state index contributed by atoms with van der Waals surface area (Å²) < 4.78 is 13.0. The number of rotatable bonds is 2. The van der Waals surface area contributed by atoms with Crippen LogP contribution in [0.5, 0.6) is 0 Å². The number of aromatic nitrogens is 1. The Morgan fingerprint density at radius 3 is 2.88 bits per heavy atom. The lowest BCUT2D eigenvalue weighted by atomic mass is 10.3. The maximum atomic E-state index is 13.0. The van der Waals surface area contributed by atoms with Crippen LogP contribution in [0, 0.1) is 17.1 Å². The van der Waals surface area contributed by atoms with Crippen molar-refractivity contribution in [3.8, 4) is 6.07 Å². The molecule has 1 aromatic carbocycles. The highest BCUT2D eigenvalue weighted by Crippen LogP contribution is 2.29. The van der Waals surface area contributed by atoms with Gasteiger partial charge in [0, 0.05) is 4.90 Å². The molecule has 0 saturated carbocycles. The fraction of sp³-hybridized carbons (Fsp3) is 0. The van der Waals surface area contributed by atoms with Crippen molar-refractivity contribution in [2.45, 2.75) is 9.92 Å². The van der Waals surface area contributed by atoms with E-state index in [-0.39, 0.29) is 5.82 Å². The third kappa shape index (κ3) is 2.74. The van der Waals surface area contributed by atoms with Crippen molar-refractivity contribution in [3.63, 3.8) is 0 Å². The number of hydrogen-bond acceptors (Lipinski definition) is 4. The van der Waals surface area contributed by atoms with Gasteiger partial charge in [0.1, 0.15) is 16.9 Å². The van der Waals surface area contributed by atoms with Crippen molar-refractivity contribution in [2.75, 3.05) is 5.73 Å². The van der Waals surface area contributed by atoms with Crippen LogP contribution in [0.25, 0.3) is 0 Å². The summed E-state index contributed by atoms with van der Waals surface area (Å²) >= 11 is 1.23. The Labute approximate surface area is 102 Å². The van der Waals surface area contributed by atoms with Gasteiger partial charge in [-0.15, -0.1) is 0 Å². The summed E-state index contributed by atoms with van der Waals surface area (Å²) in [6.45, 7) is 0. The highest BCUT2D eigenvalue weighted by molar-refractivity contribution is 7.99. The molecule has 2 aromatic rings. The number of nitrogens with zero attached hydrogens (tertiary/aromatic N) is 2. The fourth-order valence-corrected chi connectivity index (χ4v) is 2.13. The van der Waals surface area contributed by atoms with E-state index in [1.54, 1.807) is 18.2 Å². The first kappa shape index (κ1) is 11.4. The largest absolute Gasteiger partial charge is 0.397 e. The number of pyridine rings is 1. The van der Waals surface area contributed by atoms with Gasteiger partial charge in [0.25, 0.3) is 0 Å². The second-order valence-electron chi connectivity index (χ2n) is 3.29. The molecule has 3 nitrogen and oxygen atoms in total. The highest BCUT2D eigenvalue weighted by Gasteiger charge is 2.06. The Bertz CT molecular complexity index is 593. The van der Waals surface area contributed by atoms with E-state index >= 15 is 0 Å². The Balaban J connectivity index is 2.34. The lowest BCUT2D eigenvalue weighted by Crippen LogP contribution is -1.92. The summed E-state index contributed by atoms with van der Waals surface area (Å²) in [5.74, 6) is -0.316. The van der Waals surface area contributed by atoms with E-state index in [1.165, 1.54) is 30.1 Å².